The fourth-order valence-electron chi connectivity index (χ4n) is 6.14. The fraction of sp³-hybridized carbons (Fsp3) is 0.400. The molecule has 11 heteroatoms. The number of carbonyl (C=O) groups is 1. The molecule has 210 valence electrons. The van der Waals surface area contributed by atoms with Crippen molar-refractivity contribution in [2.45, 2.75) is 50.5 Å². The van der Waals surface area contributed by atoms with Crippen LogP contribution in [0.4, 0.5) is 4.39 Å². The lowest BCUT2D eigenvalue weighted by atomic mass is 9.91. The van der Waals surface area contributed by atoms with Gasteiger partial charge in [0.2, 0.25) is 17.4 Å². The molecule has 2 saturated heterocycles. The van der Waals surface area contributed by atoms with Crippen molar-refractivity contribution in [1.82, 2.24) is 19.4 Å². The average Bonchev–Trinajstić information content (AvgIpc) is 3.40. The summed E-state index contributed by atoms with van der Waals surface area (Å²) in [7, 11) is 0. The highest BCUT2D eigenvalue weighted by molar-refractivity contribution is 5.89. The Balaban J connectivity index is 1.03. The number of pyridine rings is 1. The van der Waals surface area contributed by atoms with Gasteiger partial charge in [-0.3, -0.25) is 9.47 Å². The van der Waals surface area contributed by atoms with Crippen molar-refractivity contribution in [2.24, 2.45) is 5.92 Å². The van der Waals surface area contributed by atoms with E-state index < -0.39 is 11.8 Å². The molecule has 1 saturated carbocycles. The van der Waals surface area contributed by atoms with Crippen LogP contribution < -0.4 is 4.74 Å². The van der Waals surface area contributed by atoms with E-state index in [0.29, 0.717) is 41.7 Å². The van der Waals surface area contributed by atoms with Crippen molar-refractivity contribution in [2.75, 3.05) is 19.7 Å². The molecule has 1 N–H and O–H groups in total. The number of aromatic carboxylic acids is 1. The van der Waals surface area contributed by atoms with E-state index in [9.17, 15) is 14.3 Å². The average molecular weight is 558 g/mol. The molecule has 3 aliphatic rings. The number of piperidine rings is 1. The van der Waals surface area contributed by atoms with Gasteiger partial charge in [0.25, 0.3) is 0 Å². The van der Waals surface area contributed by atoms with Gasteiger partial charge in [-0.25, -0.2) is 19.2 Å². The predicted molar refractivity (Wildman–Crippen MR) is 143 cm³/mol. The summed E-state index contributed by atoms with van der Waals surface area (Å²) < 4.78 is 33.4. The van der Waals surface area contributed by atoms with Gasteiger partial charge in [0.1, 0.15) is 23.8 Å². The lowest BCUT2D eigenvalue weighted by molar-refractivity contribution is -0.0595. The summed E-state index contributed by atoms with van der Waals surface area (Å²) in [4.78, 5) is 23.3. The van der Waals surface area contributed by atoms with Crippen LogP contribution in [0.1, 0.15) is 52.5 Å². The Bertz CT molecular complexity index is 1690. The first kappa shape index (κ1) is 25.7. The molecule has 3 fully saturated rings. The topological polar surface area (TPSA) is 127 Å². The van der Waals surface area contributed by atoms with Crippen molar-refractivity contribution in [1.29, 1.82) is 5.26 Å². The number of likely N-dealkylation sites (tertiary alicyclic amines) is 1. The second-order valence-corrected chi connectivity index (χ2v) is 11.1. The Morgan fingerprint density at radius 2 is 2.15 bits per heavy atom. The number of benzene rings is 1. The van der Waals surface area contributed by atoms with Gasteiger partial charge >= 0.3 is 5.97 Å². The molecule has 0 amide bonds. The molecule has 1 aliphatic carbocycles. The molecule has 3 aromatic heterocycles. The van der Waals surface area contributed by atoms with E-state index in [0.717, 1.165) is 50.5 Å². The number of carboxylic acids is 1. The number of carboxylic acid groups (broad SMARTS) is 1. The highest BCUT2D eigenvalue weighted by Gasteiger charge is 2.58. The van der Waals surface area contributed by atoms with E-state index in [-0.39, 0.29) is 29.4 Å². The maximum atomic E-state index is 14.3. The highest BCUT2D eigenvalue weighted by Crippen LogP contribution is 2.59. The lowest BCUT2D eigenvalue weighted by Crippen LogP contribution is -2.37. The summed E-state index contributed by atoms with van der Waals surface area (Å²) in [5, 5.41) is 18.3. The van der Waals surface area contributed by atoms with Crippen molar-refractivity contribution >= 4 is 17.2 Å². The molecule has 1 aromatic carbocycles. The normalized spacial score (nSPS) is 23.5. The van der Waals surface area contributed by atoms with E-state index in [4.69, 9.17) is 29.1 Å². The van der Waals surface area contributed by atoms with Crippen LogP contribution in [-0.4, -0.2) is 56.3 Å². The van der Waals surface area contributed by atoms with E-state index in [1.807, 2.05) is 22.8 Å². The van der Waals surface area contributed by atoms with Crippen LogP contribution in [0.25, 0.3) is 11.2 Å². The van der Waals surface area contributed by atoms with E-state index in [1.165, 1.54) is 12.1 Å². The fourth-order valence-corrected chi connectivity index (χ4v) is 6.14. The molecule has 4 aromatic rings. The Morgan fingerprint density at radius 3 is 2.88 bits per heavy atom. The minimum Gasteiger partial charge on any atom is -0.475 e. The lowest BCUT2D eigenvalue weighted by Gasteiger charge is -2.32. The molecular formula is C30H28FN5O5. The summed E-state index contributed by atoms with van der Waals surface area (Å²) in [6.45, 7) is 3.76. The first-order valence-corrected chi connectivity index (χ1v) is 13.8. The number of fused-ring (bicyclic) bond motifs is 2. The maximum absolute atomic E-state index is 14.3. The van der Waals surface area contributed by atoms with Gasteiger partial charge in [-0.2, -0.15) is 5.26 Å². The van der Waals surface area contributed by atoms with Gasteiger partial charge in [-0.1, -0.05) is 12.1 Å². The molecule has 0 spiro atoms. The molecule has 3 unspecified atom stereocenters. The van der Waals surface area contributed by atoms with Crippen molar-refractivity contribution in [3.8, 4) is 11.9 Å². The first-order valence-electron chi connectivity index (χ1n) is 13.8. The second kappa shape index (κ2) is 9.98. The van der Waals surface area contributed by atoms with Crippen LogP contribution in [-0.2, 0) is 29.8 Å². The van der Waals surface area contributed by atoms with Crippen LogP contribution in [0.3, 0.4) is 0 Å². The summed E-state index contributed by atoms with van der Waals surface area (Å²) in [6, 6.07) is 13.5. The molecule has 41 heavy (non-hydrogen) atoms. The largest absolute Gasteiger partial charge is 0.475 e. The Kier molecular flexibility index (Phi) is 6.25. The Hall–Kier alpha value is -4.27. The monoisotopic (exact) mass is 557 g/mol. The molecular weight excluding hydrogens is 529 g/mol. The molecule has 0 bridgehead atoms. The number of nitrogens with zero attached hydrogens (tertiary/aromatic N) is 5. The molecule has 3 atom stereocenters. The number of halogens is 1. The zero-order valence-corrected chi connectivity index (χ0v) is 22.3. The summed E-state index contributed by atoms with van der Waals surface area (Å²) in [6.07, 6.45) is 3.03. The molecule has 7 rings (SSSR count). The predicted octanol–water partition coefficient (Wildman–Crippen LogP) is 4.26. The van der Waals surface area contributed by atoms with Gasteiger partial charge < -0.3 is 19.0 Å². The minimum absolute atomic E-state index is 0.00868. The van der Waals surface area contributed by atoms with Gasteiger partial charge in [0.05, 0.1) is 36.5 Å². The van der Waals surface area contributed by atoms with E-state index in [1.54, 1.807) is 18.2 Å². The molecule has 0 radical (unpaired) electrons. The zero-order chi connectivity index (χ0) is 28.1. The third-order valence-corrected chi connectivity index (χ3v) is 8.63. The van der Waals surface area contributed by atoms with Crippen molar-refractivity contribution in [3.05, 3.63) is 76.7 Å². The number of rotatable bonds is 9. The standard InChI is InChI=1S/C30H28FN5O5/c31-22-10-18(13-32)4-5-19(22)17-40-27-3-1-2-25(34-27)30-7-8-35(14-20(30)12-30)16-26-33-23-11-24(29(37)38)41-28(23)36(26)15-21-6-9-39-21/h1-5,10-11,20-21H,6-9,12,14-17H2,(H,37,38). The van der Waals surface area contributed by atoms with Gasteiger partial charge in [-0.05, 0) is 49.9 Å². The maximum Gasteiger partial charge on any atom is 0.371 e. The number of imidazole rings is 1. The molecule has 10 nitrogen and oxygen atoms in total. The van der Waals surface area contributed by atoms with Gasteiger partial charge in [-0.15, -0.1) is 0 Å². The van der Waals surface area contributed by atoms with Gasteiger partial charge in [0, 0.05) is 36.3 Å². The van der Waals surface area contributed by atoms with Crippen molar-refractivity contribution < 1.29 is 28.2 Å². The van der Waals surface area contributed by atoms with Crippen LogP contribution in [0.15, 0.2) is 46.9 Å². The van der Waals surface area contributed by atoms with Crippen LogP contribution in [0.2, 0.25) is 0 Å². The smallest absolute Gasteiger partial charge is 0.371 e. The second-order valence-electron chi connectivity index (χ2n) is 11.1. The highest BCUT2D eigenvalue weighted by atomic mass is 19.1. The number of nitriles is 1. The summed E-state index contributed by atoms with van der Waals surface area (Å²) in [5.74, 6) is 0.0694. The summed E-state index contributed by atoms with van der Waals surface area (Å²) >= 11 is 0. The third kappa shape index (κ3) is 4.73. The number of aromatic nitrogens is 3. The number of ether oxygens (including phenoxy) is 2. The van der Waals surface area contributed by atoms with Crippen LogP contribution >= 0.6 is 0 Å². The van der Waals surface area contributed by atoms with E-state index >= 15 is 0 Å². The Morgan fingerprint density at radius 1 is 1.27 bits per heavy atom. The van der Waals surface area contributed by atoms with Crippen LogP contribution in [0.5, 0.6) is 5.88 Å². The molecule has 2 aliphatic heterocycles. The number of hydrogen-bond donors (Lipinski definition) is 1. The zero-order valence-electron chi connectivity index (χ0n) is 22.3. The third-order valence-electron chi connectivity index (χ3n) is 8.63. The van der Waals surface area contributed by atoms with Crippen LogP contribution in [0, 0.1) is 23.1 Å². The SMILES string of the molecule is N#Cc1ccc(COc2cccc(C34CCN(Cc5nc6cc(C(=O)O)oc6n5CC5CCO5)CC3C4)n2)c(F)c1. The number of furan rings is 1. The molecule has 5 heterocycles. The summed E-state index contributed by atoms with van der Waals surface area (Å²) in [5.41, 5.74) is 2.69. The quantitative estimate of drug-likeness (QED) is 0.321. The van der Waals surface area contributed by atoms with Crippen molar-refractivity contribution in [3.63, 3.8) is 0 Å². The first-order chi connectivity index (χ1) is 19.9. The number of hydrogen-bond acceptors (Lipinski definition) is 8. The van der Waals surface area contributed by atoms with E-state index in [2.05, 4.69) is 4.90 Å². The minimum atomic E-state index is -1.11. The van der Waals surface area contributed by atoms with Gasteiger partial charge in [0.15, 0.2) is 0 Å². The Labute approximate surface area is 234 Å².